The summed E-state index contributed by atoms with van der Waals surface area (Å²) >= 11 is 4.71. The summed E-state index contributed by atoms with van der Waals surface area (Å²) in [5, 5.41) is 0. The van der Waals surface area contributed by atoms with Crippen LogP contribution in [0.3, 0.4) is 0 Å². The molecule has 0 bridgehead atoms. The highest BCUT2D eigenvalue weighted by molar-refractivity contribution is 6.33. The second-order valence-corrected chi connectivity index (χ2v) is 1.55. The van der Waals surface area contributed by atoms with Gasteiger partial charge in [-0.1, -0.05) is 0 Å². The van der Waals surface area contributed by atoms with Gasteiger partial charge in [-0.15, -0.1) is 11.6 Å². The van der Waals surface area contributed by atoms with Crippen LogP contribution < -0.4 is 0 Å². The summed E-state index contributed by atoms with van der Waals surface area (Å²) in [5.41, 5.74) is 0. The largest absolute Gasteiger partial charge is 0.455 e. The van der Waals surface area contributed by atoms with Crippen LogP contribution in [0.1, 0.15) is 0 Å². The van der Waals surface area contributed by atoms with Gasteiger partial charge in [0.25, 0.3) is 0 Å². The Bertz CT molecular complexity index is 122. The Hall–Kier alpha value is -0.450. The lowest BCUT2D eigenvalue weighted by atomic mass is 10.7. The van der Waals surface area contributed by atoms with Crippen molar-refractivity contribution in [2.24, 2.45) is 0 Å². The van der Waals surface area contributed by atoms with Crippen molar-refractivity contribution in [2.75, 3.05) is 6.61 Å². The van der Waals surface area contributed by atoms with E-state index in [2.05, 4.69) is 4.74 Å². The second-order valence-electron chi connectivity index (χ2n) is 1.33. The van der Waals surface area contributed by atoms with Crippen LogP contribution in [-0.2, 0) is 9.53 Å². The first-order valence-electron chi connectivity index (χ1n) is 2.12. The molecular weight excluding hydrogens is 172 g/mol. The van der Waals surface area contributed by atoms with Crippen LogP contribution >= 0.6 is 11.6 Å². The van der Waals surface area contributed by atoms with Crippen molar-refractivity contribution in [3.8, 4) is 0 Å². The maximum Gasteiger partial charge on any atom is 0.422 e. The number of ether oxygens (including phenoxy) is 1. The molecule has 6 heteroatoms. The predicted octanol–water partition coefficient (Wildman–Crippen LogP) is 1.49. The van der Waals surface area contributed by atoms with E-state index in [-0.39, 0.29) is 0 Å². The van der Waals surface area contributed by atoms with Gasteiger partial charge in [0.1, 0.15) is 0 Å². The smallest absolute Gasteiger partial charge is 0.422 e. The Morgan fingerprint density at radius 2 is 2.10 bits per heavy atom. The van der Waals surface area contributed by atoms with E-state index in [4.69, 9.17) is 11.6 Å². The number of carbonyl (C=O) groups is 1. The first-order chi connectivity index (χ1) is 4.45. The van der Waals surface area contributed by atoms with Crippen LogP contribution in [0, 0.1) is 5.88 Å². The van der Waals surface area contributed by atoms with Gasteiger partial charge in [0, 0.05) is 0 Å². The maximum atomic E-state index is 11.2. The minimum atomic E-state index is -4.49. The van der Waals surface area contributed by atoms with Crippen molar-refractivity contribution >= 4 is 17.6 Å². The minimum Gasteiger partial charge on any atom is -0.455 e. The molecule has 2 nitrogen and oxygen atoms in total. The van der Waals surface area contributed by atoms with Crippen LogP contribution in [0.4, 0.5) is 13.2 Å². The molecule has 10 heavy (non-hydrogen) atoms. The molecule has 0 fully saturated rings. The molecule has 0 unspecified atom stereocenters. The summed E-state index contributed by atoms with van der Waals surface area (Å²) in [5.74, 6) is -0.801. The molecule has 0 saturated heterocycles. The molecule has 0 aromatic carbocycles. The maximum absolute atomic E-state index is 11.2. The van der Waals surface area contributed by atoms with E-state index >= 15 is 0 Å². The number of alkyl halides is 3. The fourth-order valence-electron chi connectivity index (χ4n) is 0.184. The molecule has 0 N–H and O–H groups in total. The molecule has 0 aliphatic carbocycles. The van der Waals surface area contributed by atoms with Crippen LogP contribution in [-0.4, -0.2) is 18.8 Å². The van der Waals surface area contributed by atoms with E-state index in [0.29, 0.717) is 5.88 Å². The number of carbonyl (C=O) groups excluding carboxylic acids is 1. The van der Waals surface area contributed by atoms with Crippen molar-refractivity contribution in [2.45, 2.75) is 6.18 Å². The van der Waals surface area contributed by atoms with Crippen molar-refractivity contribution in [3.63, 3.8) is 0 Å². The molecule has 0 heterocycles. The Morgan fingerprint density at radius 1 is 1.60 bits per heavy atom. The molecule has 59 valence electrons. The van der Waals surface area contributed by atoms with Crippen LogP contribution in [0.15, 0.2) is 0 Å². The van der Waals surface area contributed by atoms with Gasteiger partial charge in [-0.2, -0.15) is 13.2 Å². The van der Waals surface area contributed by atoms with E-state index in [1.807, 2.05) is 0 Å². The van der Waals surface area contributed by atoms with Crippen LogP contribution in [0.25, 0.3) is 0 Å². The van der Waals surface area contributed by atoms with Gasteiger partial charge in [-0.3, -0.25) is 4.79 Å². The normalized spacial score (nSPS) is 11.2. The highest BCUT2D eigenvalue weighted by Gasteiger charge is 2.29. The van der Waals surface area contributed by atoms with Gasteiger partial charge in [0.05, 0.1) is 0 Å². The summed E-state index contributed by atoms with van der Waals surface area (Å²) in [7, 11) is 0. The molecule has 0 aromatic heterocycles. The summed E-state index contributed by atoms with van der Waals surface area (Å²) in [6.45, 7) is -1.60. The fraction of sp³-hybridized carbons (Fsp3) is 0.500. The first kappa shape index (κ1) is 9.55. The van der Waals surface area contributed by atoms with Gasteiger partial charge in [0.15, 0.2) is 12.5 Å². The zero-order valence-corrected chi connectivity index (χ0v) is 5.37. The number of hydrogen-bond acceptors (Lipinski definition) is 2. The highest BCUT2D eigenvalue weighted by Crippen LogP contribution is 2.14. The number of hydrogen-bond donors (Lipinski definition) is 0. The summed E-state index contributed by atoms with van der Waals surface area (Å²) in [4.78, 5) is 9.95. The molecular formula is C4H3ClF3O2. The first-order valence-corrected chi connectivity index (χ1v) is 2.56. The quantitative estimate of drug-likeness (QED) is 0.595. The molecule has 0 spiro atoms. The zero-order chi connectivity index (χ0) is 8.20. The fourth-order valence-corrected chi connectivity index (χ4v) is 0.247. The van der Waals surface area contributed by atoms with E-state index < -0.39 is 18.8 Å². The lowest BCUT2D eigenvalue weighted by molar-refractivity contribution is -0.183. The van der Waals surface area contributed by atoms with Gasteiger partial charge >= 0.3 is 12.1 Å². The average molecular weight is 176 g/mol. The van der Waals surface area contributed by atoms with Crippen LogP contribution in [0.5, 0.6) is 0 Å². The monoisotopic (exact) mass is 175 g/mol. The van der Waals surface area contributed by atoms with Gasteiger partial charge in [-0.25, -0.2) is 0 Å². The summed E-state index contributed by atoms with van der Waals surface area (Å²) in [6, 6.07) is 0. The molecule has 1 radical (unpaired) electrons. The number of halogens is 4. The third-order valence-corrected chi connectivity index (χ3v) is 0.645. The standard InChI is InChI=1S/C4H3ClF3O2/c5-1-3(9)10-2-4(6,7)8/h1H,2H2. The van der Waals surface area contributed by atoms with Crippen molar-refractivity contribution in [3.05, 3.63) is 5.88 Å². The van der Waals surface area contributed by atoms with Crippen LogP contribution in [0.2, 0.25) is 0 Å². The lowest BCUT2D eigenvalue weighted by Crippen LogP contribution is -2.19. The molecule has 0 aromatic rings. The SMILES string of the molecule is O=C([CH]Cl)OCC(F)(F)F. The van der Waals surface area contributed by atoms with Crippen molar-refractivity contribution in [1.82, 2.24) is 0 Å². The van der Waals surface area contributed by atoms with Crippen molar-refractivity contribution in [1.29, 1.82) is 0 Å². The second kappa shape index (κ2) is 3.65. The average Bonchev–Trinajstić information content (AvgIpc) is 1.81. The van der Waals surface area contributed by atoms with Crippen molar-refractivity contribution < 1.29 is 22.7 Å². The molecule has 0 amide bonds. The Balaban J connectivity index is 3.46. The summed E-state index contributed by atoms with van der Waals surface area (Å²) < 4.78 is 37.3. The third kappa shape index (κ3) is 5.68. The Labute approximate surface area is 59.9 Å². The van der Waals surface area contributed by atoms with Gasteiger partial charge in [0.2, 0.25) is 0 Å². The summed E-state index contributed by atoms with van der Waals surface area (Å²) in [6.07, 6.45) is -4.49. The predicted molar refractivity (Wildman–Crippen MR) is 27.2 cm³/mol. The Morgan fingerprint density at radius 3 is 2.40 bits per heavy atom. The van der Waals surface area contributed by atoms with E-state index in [9.17, 15) is 18.0 Å². The topological polar surface area (TPSA) is 26.3 Å². The molecule has 0 aliphatic rings. The molecule has 0 aliphatic heterocycles. The number of rotatable bonds is 2. The van der Waals surface area contributed by atoms with E-state index in [1.165, 1.54) is 0 Å². The van der Waals surface area contributed by atoms with E-state index in [1.54, 1.807) is 0 Å². The molecule has 0 rings (SSSR count). The van der Waals surface area contributed by atoms with Gasteiger partial charge in [-0.05, 0) is 0 Å². The minimum absolute atomic E-state index is 0.395. The zero-order valence-electron chi connectivity index (χ0n) is 4.61. The van der Waals surface area contributed by atoms with Gasteiger partial charge < -0.3 is 4.74 Å². The van der Waals surface area contributed by atoms with E-state index in [0.717, 1.165) is 0 Å². The number of esters is 1. The highest BCUT2D eigenvalue weighted by atomic mass is 35.5. The molecule has 0 saturated carbocycles. The third-order valence-electron chi connectivity index (χ3n) is 0.467. The molecule has 0 atom stereocenters. The lowest BCUT2D eigenvalue weighted by Gasteiger charge is -2.04. The Kier molecular flexibility index (Phi) is 3.49.